The first kappa shape index (κ1) is 10.9. The molecule has 0 radical (unpaired) electrons. The average molecular weight is 221 g/mol. The van der Waals surface area contributed by atoms with Crippen LogP contribution in [0.2, 0.25) is 0 Å². The van der Waals surface area contributed by atoms with E-state index in [-0.39, 0.29) is 11.7 Å². The van der Waals surface area contributed by atoms with E-state index in [1.165, 1.54) is 31.5 Å². The summed E-state index contributed by atoms with van der Waals surface area (Å²) in [4.78, 5) is 14.6. The topological polar surface area (TPSA) is 59.4 Å². The van der Waals surface area contributed by atoms with Gasteiger partial charge in [-0.15, -0.1) is 0 Å². The van der Waals surface area contributed by atoms with Crippen LogP contribution in [0.25, 0.3) is 0 Å². The molecular weight excluding hydrogens is 206 g/mol. The summed E-state index contributed by atoms with van der Waals surface area (Å²) in [5.74, 6) is -0.436. The lowest BCUT2D eigenvalue weighted by Crippen LogP contribution is -2.20. The van der Waals surface area contributed by atoms with Gasteiger partial charge < -0.3 is 9.84 Å². The standard InChI is InChI=1S/C12H15NO3/c14-12(15)9-6-7-11(13-8-9)16-10-4-2-1-3-5-10/h6-8,10H,1-5H2,(H,14,15). The number of ether oxygens (including phenoxy) is 1. The van der Waals surface area contributed by atoms with E-state index in [1.54, 1.807) is 6.07 Å². The maximum Gasteiger partial charge on any atom is 0.337 e. The molecule has 1 aromatic rings. The highest BCUT2D eigenvalue weighted by molar-refractivity contribution is 5.87. The van der Waals surface area contributed by atoms with Gasteiger partial charge in [0.25, 0.3) is 0 Å². The molecule has 0 aromatic carbocycles. The van der Waals surface area contributed by atoms with Crippen LogP contribution in [0.3, 0.4) is 0 Å². The van der Waals surface area contributed by atoms with Crippen LogP contribution in [0.5, 0.6) is 5.88 Å². The molecule has 1 fully saturated rings. The predicted molar refractivity (Wildman–Crippen MR) is 58.7 cm³/mol. The molecule has 0 saturated heterocycles. The molecule has 1 aliphatic carbocycles. The number of hydrogen-bond acceptors (Lipinski definition) is 3. The van der Waals surface area contributed by atoms with Gasteiger partial charge in [0.15, 0.2) is 0 Å². The molecule has 1 saturated carbocycles. The Balaban J connectivity index is 1.96. The molecule has 0 aliphatic heterocycles. The maximum atomic E-state index is 10.6. The summed E-state index contributed by atoms with van der Waals surface area (Å²) in [7, 11) is 0. The number of carbonyl (C=O) groups is 1. The highest BCUT2D eigenvalue weighted by Crippen LogP contribution is 2.22. The van der Waals surface area contributed by atoms with Gasteiger partial charge in [-0.2, -0.15) is 0 Å². The van der Waals surface area contributed by atoms with Crippen molar-refractivity contribution in [2.24, 2.45) is 0 Å². The predicted octanol–water partition coefficient (Wildman–Crippen LogP) is 2.49. The van der Waals surface area contributed by atoms with Crippen molar-refractivity contribution in [2.75, 3.05) is 0 Å². The summed E-state index contributed by atoms with van der Waals surface area (Å²) in [6.07, 6.45) is 7.42. The van der Waals surface area contributed by atoms with Crippen molar-refractivity contribution in [3.05, 3.63) is 23.9 Å². The van der Waals surface area contributed by atoms with Crippen LogP contribution < -0.4 is 4.74 Å². The third-order valence-corrected chi connectivity index (χ3v) is 2.82. The van der Waals surface area contributed by atoms with Gasteiger partial charge >= 0.3 is 5.97 Å². The largest absolute Gasteiger partial charge is 0.478 e. The molecule has 0 atom stereocenters. The second kappa shape index (κ2) is 4.96. The second-order valence-electron chi connectivity index (χ2n) is 4.07. The number of hydrogen-bond donors (Lipinski definition) is 1. The fraction of sp³-hybridized carbons (Fsp3) is 0.500. The van der Waals surface area contributed by atoms with E-state index in [0.29, 0.717) is 5.88 Å². The van der Waals surface area contributed by atoms with Gasteiger partial charge in [-0.1, -0.05) is 6.42 Å². The Morgan fingerprint density at radius 3 is 2.62 bits per heavy atom. The van der Waals surface area contributed by atoms with E-state index < -0.39 is 5.97 Å². The SMILES string of the molecule is O=C(O)c1ccc(OC2CCCCC2)nc1. The minimum atomic E-state index is -0.961. The quantitative estimate of drug-likeness (QED) is 0.851. The Kier molecular flexibility index (Phi) is 3.39. The Morgan fingerprint density at radius 1 is 1.31 bits per heavy atom. The molecule has 4 heteroatoms. The zero-order valence-electron chi connectivity index (χ0n) is 9.06. The Hall–Kier alpha value is -1.58. The molecule has 0 spiro atoms. The van der Waals surface area contributed by atoms with Crippen molar-refractivity contribution in [3.8, 4) is 5.88 Å². The van der Waals surface area contributed by atoms with Gasteiger partial charge in [0.1, 0.15) is 6.10 Å². The molecule has 1 N–H and O–H groups in total. The van der Waals surface area contributed by atoms with E-state index in [0.717, 1.165) is 12.8 Å². The lowest BCUT2D eigenvalue weighted by molar-refractivity contribution is 0.0696. The number of aromatic nitrogens is 1. The summed E-state index contributed by atoms with van der Waals surface area (Å²) < 4.78 is 5.69. The molecule has 16 heavy (non-hydrogen) atoms. The van der Waals surface area contributed by atoms with Crippen molar-refractivity contribution in [2.45, 2.75) is 38.2 Å². The molecule has 2 rings (SSSR count). The Morgan fingerprint density at radius 2 is 2.06 bits per heavy atom. The minimum Gasteiger partial charge on any atom is -0.478 e. The fourth-order valence-corrected chi connectivity index (χ4v) is 1.93. The van der Waals surface area contributed by atoms with Gasteiger partial charge in [-0.05, 0) is 31.7 Å². The van der Waals surface area contributed by atoms with Crippen molar-refractivity contribution < 1.29 is 14.6 Å². The molecule has 86 valence electrons. The van der Waals surface area contributed by atoms with Crippen molar-refractivity contribution in [1.82, 2.24) is 4.98 Å². The van der Waals surface area contributed by atoms with Crippen LogP contribution in [0.1, 0.15) is 42.5 Å². The Bertz CT molecular complexity index is 355. The van der Waals surface area contributed by atoms with Crippen molar-refractivity contribution in [3.63, 3.8) is 0 Å². The number of aromatic carboxylic acids is 1. The van der Waals surface area contributed by atoms with E-state index in [4.69, 9.17) is 9.84 Å². The van der Waals surface area contributed by atoms with Crippen LogP contribution in [-0.2, 0) is 0 Å². The maximum absolute atomic E-state index is 10.6. The first-order chi connectivity index (χ1) is 7.75. The van der Waals surface area contributed by atoms with Crippen LogP contribution in [0.4, 0.5) is 0 Å². The number of carboxylic acid groups (broad SMARTS) is 1. The zero-order valence-corrected chi connectivity index (χ0v) is 9.06. The lowest BCUT2D eigenvalue weighted by Gasteiger charge is -2.22. The van der Waals surface area contributed by atoms with Crippen molar-refractivity contribution in [1.29, 1.82) is 0 Å². The number of carboxylic acids is 1. The highest BCUT2D eigenvalue weighted by atomic mass is 16.5. The molecule has 0 unspecified atom stereocenters. The van der Waals surface area contributed by atoms with Gasteiger partial charge in [0.2, 0.25) is 5.88 Å². The molecular formula is C12H15NO3. The van der Waals surface area contributed by atoms with Crippen LogP contribution in [0, 0.1) is 0 Å². The second-order valence-corrected chi connectivity index (χ2v) is 4.07. The van der Waals surface area contributed by atoms with Crippen LogP contribution in [-0.4, -0.2) is 22.2 Å². The smallest absolute Gasteiger partial charge is 0.337 e. The fourth-order valence-electron chi connectivity index (χ4n) is 1.93. The zero-order chi connectivity index (χ0) is 11.4. The normalized spacial score (nSPS) is 17.0. The van der Waals surface area contributed by atoms with E-state index >= 15 is 0 Å². The lowest BCUT2D eigenvalue weighted by atomic mass is 9.98. The number of nitrogens with zero attached hydrogens (tertiary/aromatic N) is 1. The summed E-state index contributed by atoms with van der Waals surface area (Å²) in [6, 6.07) is 3.14. The molecule has 0 bridgehead atoms. The molecule has 1 aromatic heterocycles. The molecule has 4 nitrogen and oxygen atoms in total. The molecule has 1 heterocycles. The number of pyridine rings is 1. The first-order valence-electron chi connectivity index (χ1n) is 5.62. The van der Waals surface area contributed by atoms with Gasteiger partial charge in [0.05, 0.1) is 5.56 Å². The van der Waals surface area contributed by atoms with Gasteiger partial charge in [-0.3, -0.25) is 0 Å². The Labute approximate surface area is 94.3 Å². The summed E-state index contributed by atoms with van der Waals surface area (Å²) in [5, 5.41) is 8.72. The monoisotopic (exact) mass is 221 g/mol. The van der Waals surface area contributed by atoms with Crippen LogP contribution >= 0.6 is 0 Å². The molecule has 1 aliphatic rings. The average Bonchev–Trinajstić information content (AvgIpc) is 2.31. The van der Waals surface area contributed by atoms with Gasteiger partial charge in [0, 0.05) is 12.3 Å². The van der Waals surface area contributed by atoms with E-state index in [2.05, 4.69) is 4.98 Å². The molecule has 0 amide bonds. The summed E-state index contributed by atoms with van der Waals surface area (Å²) in [5.41, 5.74) is 0.191. The van der Waals surface area contributed by atoms with Crippen molar-refractivity contribution >= 4 is 5.97 Å². The van der Waals surface area contributed by atoms with E-state index in [1.807, 2.05) is 0 Å². The minimum absolute atomic E-state index is 0.191. The third kappa shape index (κ3) is 2.72. The highest BCUT2D eigenvalue weighted by Gasteiger charge is 2.15. The van der Waals surface area contributed by atoms with Crippen LogP contribution in [0.15, 0.2) is 18.3 Å². The first-order valence-corrected chi connectivity index (χ1v) is 5.62. The number of rotatable bonds is 3. The third-order valence-electron chi connectivity index (χ3n) is 2.82. The summed E-state index contributed by atoms with van der Waals surface area (Å²) >= 11 is 0. The van der Waals surface area contributed by atoms with E-state index in [9.17, 15) is 4.79 Å². The van der Waals surface area contributed by atoms with Gasteiger partial charge in [-0.25, -0.2) is 9.78 Å². The summed E-state index contributed by atoms with van der Waals surface area (Å²) in [6.45, 7) is 0.